The van der Waals surface area contributed by atoms with E-state index in [0.717, 1.165) is 0 Å². The first-order chi connectivity index (χ1) is 13.5. The van der Waals surface area contributed by atoms with Crippen molar-refractivity contribution >= 4 is 28.3 Å². The molecule has 1 aromatic heterocycles. The van der Waals surface area contributed by atoms with E-state index in [2.05, 4.69) is 15.0 Å². The van der Waals surface area contributed by atoms with Gasteiger partial charge in [-0.05, 0) is 19.1 Å². The fraction of sp³-hybridized carbons (Fsp3) is 0.389. The Bertz CT molecular complexity index is 811. The molecule has 7 nitrogen and oxygen atoms in total. The Kier molecular flexibility index (Phi) is 6.53. The SMILES string of the molecule is CC(C(=O)Nc1nccs1)N1CCN(C(=O)c2ccccc2OC(F)F)CC1. The zero-order chi connectivity index (χ0) is 20.1. The Labute approximate surface area is 164 Å². The van der Waals surface area contributed by atoms with Gasteiger partial charge in [0.1, 0.15) is 5.75 Å². The number of ether oxygens (including phenoxy) is 1. The van der Waals surface area contributed by atoms with E-state index in [4.69, 9.17) is 0 Å². The first kappa shape index (κ1) is 20.2. The second-order valence-electron chi connectivity index (χ2n) is 6.21. The first-order valence-electron chi connectivity index (χ1n) is 8.73. The molecule has 0 saturated carbocycles. The summed E-state index contributed by atoms with van der Waals surface area (Å²) in [5.41, 5.74) is 0.103. The Morgan fingerprint density at radius 1 is 1.21 bits per heavy atom. The molecule has 0 spiro atoms. The summed E-state index contributed by atoms with van der Waals surface area (Å²) in [6.07, 6.45) is 1.62. The molecule has 28 heavy (non-hydrogen) atoms. The Balaban J connectivity index is 1.58. The van der Waals surface area contributed by atoms with Crippen molar-refractivity contribution in [2.45, 2.75) is 19.6 Å². The number of carbonyl (C=O) groups excluding carboxylic acids is 2. The summed E-state index contributed by atoms with van der Waals surface area (Å²) in [6, 6.07) is 5.58. The van der Waals surface area contributed by atoms with Crippen molar-refractivity contribution in [3.8, 4) is 5.75 Å². The van der Waals surface area contributed by atoms with Gasteiger partial charge in [-0.15, -0.1) is 11.3 Å². The monoisotopic (exact) mass is 410 g/mol. The van der Waals surface area contributed by atoms with Crippen molar-refractivity contribution in [3.05, 3.63) is 41.4 Å². The highest BCUT2D eigenvalue weighted by Gasteiger charge is 2.29. The van der Waals surface area contributed by atoms with Gasteiger partial charge in [-0.1, -0.05) is 12.1 Å². The molecule has 0 radical (unpaired) electrons. The zero-order valence-electron chi connectivity index (χ0n) is 15.2. The predicted octanol–water partition coefficient (Wildman–Crippen LogP) is 2.53. The average Bonchev–Trinajstić information content (AvgIpc) is 3.20. The molecule has 1 atom stereocenters. The van der Waals surface area contributed by atoms with E-state index in [1.807, 2.05) is 4.90 Å². The number of para-hydroxylation sites is 1. The number of hydrogen-bond acceptors (Lipinski definition) is 6. The number of carbonyl (C=O) groups is 2. The van der Waals surface area contributed by atoms with E-state index in [-0.39, 0.29) is 29.2 Å². The maximum absolute atomic E-state index is 12.7. The number of piperazine rings is 1. The fourth-order valence-electron chi connectivity index (χ4n) is 2.99. The van der Waals surface area contributed by atoms with E-state index in [1.54, 1.807) is 29.5 Å². The number of alkyl halides is 2. The molecule has 1 fully saturated rings. The number of benzene rings is 1. The minimum atomic E-state index is -3.00. The molecule has 150 valence electrons. The molecular formula is C18H20F2N4O3S. The molecule has 2 heterocycles. The van der Waals surface area contributed by atoms with E-state index < -0.39 is 6.61 Å². The van der Waals surface area contributed by atoms with Crippen LogP contribution in [0.5, 0.6) is 5.75 Å². The van der Waals surface area contributed by atoms with Gasteiger partial charge in [-0.2, -0.15) is 8.78 Å². The minimum absolute atomic E-state index is 0.103. The van der Waals surface area contributed by atoms with Crippen LogP contribution in [0.15, 0.2) is 35.8 Å². The van der Waals surface area contributed by atoms with Gasteiger partial charge in [-0.25, -0.2) is 4.98 Å². The summed E-state index contributed by atoms with van der Waals surface area (Å²) in [5, 5.41) is 5.08. The highest BCUT2D eigenvalue weighted by Crippen LogP contribution is 2.23. The molecule has 1 aliphatic heterocycles. The molecule has 2 aromatic rings. The van der Waals surface area contributed by atoms with Crippen molar-refractivity contribution in [3.63, 3.8) is 0 Å². The summed E-state index contributed by atoms with van der Waals surface area (Å²) in [6.45, 7) is 0.564. The smallest absolute Gasteiger partial charge is 0.387 e. The first-order valence-corrected chi connectivity index (χ1v) is 9.61. The molecule has 1 aliphatic rings. The molecular weight excluding hydrogens is 390 g/mol. The third-order valence-corrected chi connectivity index (χ3v) is 5.21. The van der Waals surface area contributed by atoms with Crippen LogP contribution in [0.2, 0.25) is 0 Å². The van der Waals surface area contributed by atoms with Crippen molar-refractivity contribution in [2.24, 2.45) is 0 Å². The van der Waals surface area contributed by atoms with Gasteiger partial charge >= 0.3 is 6.61 Å². The van der Waals surface area contributed by atoms with E-state index >= 15 is 0 Å². The second kappa shape index (κ2) is 9.07. The van der Waals surface area contributed by atoms with Gasteiger partial charge in [0, 0.05) is 37.8 Å². The standard InChI is InChI=1S/C18H20F2N4O3S/c1-12(15(25)22-18-21-6-11-28-18)23-7-9-24(10-8-23)16(26)13-4-2-3-5-14(13)27-17(19)20/h2-6,11-12,17H,7-10H2,1H3,(H,21,22,25). The molecule has 1 saturated heterocycles. The predicted molar refractivity (Wildman–Crippen MR) is 101 cm³/mol. The van der Waals surface area contributed by atoms with Gasteiger partial charge < -0.3 is 15.0 Å². The van der Waals surface area contributed by atoms with Crippen LogP contribution in [0.4, 0.5) is 13.9 Å². The summed E-state index contributed by atoms with van der Waals surface area (Å²) >= 11 is 1.34. The van der Waals surface area contributed by atoms with Crippen LogP contribution in [-0.2, 0) is 4.79 Å². The Hall–Kier alpha value is -2.59. The lowest BCUT2D eigenvalue weighted by Crippen LogP contribution is -2.54. The molecule has 0 bridgehead atoms. The number of amides is 2. The third-order valence-electron chi connectivity index (χ3n) is 4.52. The minimum Gasteiger partial charge on any atom is -0.434 e. The van der Waals surface area contributed by atoms with Crippen LogP contribution in [0.25, 0.3) is 0 Å². The number of nitrogens with zero attached hydrogens (tertiary/aromatic N) is 3. The fourth-order valence-corrected chi connectivity index (χ4v) is 3.52. The van der Waals surface area contributed by atoms with Gasteiger partial charge in [0.15, 0.2) is 5.13 Å². The highest BCUT2D eigenvalue weighted by atomic mass is 32.1. The topological polar surface area (TPSA) is 74.8 Å². The summed E-state index contributed by atoms with van der Waals surface area (Å²) in [4.78, 5) is 32.6. The summed E-state index contributed by atoms with van der Waals surface area (Å²) in [7, 11) is 0. The van der Waals surface area contributed by atoms with Gasteiger partial charge in [-0.3, -0.25) is 14.5 Å². The third kappa shape index (κ3) is 4.82. The van der Waals surface area contributed by atoms with Crippen LogP contribution in [0.3, 0.4) is 0 Å². The molecule has 1 N–H and O–H groups in total. The Morgan fingerprint density at radius 2 is 1.93 bits per heavy atom. The lowest BCUT2D eigenvalue weighted by atomic mass is 10.1. The maximum Gasteiger partial charge on any atom is 0.387 e. The number of aromatic nitrogens is 1. The van der Waals surface area contributed by atoms with Crippen molar-refractivity contribution in [2.75, 3.05) is 31.5 Å². The normalized spacial score (nSPS) is 16.1. The quantitative estimate of drug-likeness (QED) is 0.792. The van der Waals surface area contributed by atoms with Crippen molar-refractivity contribution < 1.29 is 23.1 Å². The van der Waals surface area contributed by atoms with Crippen LogP contribution in [0, 0.1) is 0 Å². The number of halogens is 2. The summed E-state index contributed by atoms with van der Waals surface area (Å²) in [5.74, 6) is -0.665. The second-order valence-corrected chi connectivity index (χ2v) is 7.10. The molecule has 2 amide bonds. The number of thiazole rings is 1. The van der Waals surface area contributed by atoms with Crippen LogP contribution >= 0.6 is 11.3 Å². The van der Waals surface area contributed by atoms with Gasteiger partial charge in [0.2, 0.25) is 5.91 Å². The Morgan fingerprint density at radius 3 is 2.57 bits per heavy atom. The molecule has 0 aliphatic carbocycles. The maximum atomic E-state index is 12.7. The van der Waals surface area contributed by atoms with Crippen LogP contribution in [-0.4, -0.2) is 65.4 Å². The number of hydrogen-bond donors (Lipinski definition) is 1. The lowest BCUT2D eigenvalue weighted by molar-refractivity contribution is -0.121. The highest BCUT2D eigenvalue weighted by molar-refractivity contribution is 7.13. The molecule has 10 heteroatoms. The van der Waals surface area contributed by atoms with Crippen molar-refractivity contribution in [1.29, 1.82) is 0 Å². The number of anilines is 1. The number of nitrogens with one attached hydrogen (secondary N) is 1. The van der Waals surface area contributed by atoms with Crippen LogP contribution < -0.4 is 10.1 Å². The largest absolute Gasteiger partial charge is 0.434 e. The van der Waals surface area contributed by atoms with Gasteiger partial charge in [0.05, 0.1) is 11.6 Å². The number of rotatable bonds is 6. The average molecular weight is 410 g/mol. The lowest BCUT2D eigenvalue weighted by Gasteiger charge is -2.37. The molecule has 1 aromatic carbocycles. The van der Waals surface area contributed by atoms with Crippen molar-refractivity contribution in [1.82, 2.24) is 14.8 Å². The van der Waals surface area contributed by atoms with E-state index in [1.165, 1.54) is 29.5 Å². The van der Waals surface area contributed by atoms with Gasteiger partial charge in [0.25, 0.3) is 5.91 Å². The zero-order valence-corrected chi connectivity index (χ0v) is 16.0. The van der Waals surface area contributed by atoms with Crippen LogP contribution in [0.1, 0.15) is 17.3 Å². The van der Waals surface area contributed by atoms with E-state index in [9.17, 15) is 18.4 Å². The van der Waals surface area contributed by atoms with E-state index in [0.29, 0.717) is 31.3 Å². The molecule has 1 unspecified atom stereocenters. The molecule has 3 rings (SSSR count). The summed E-state index contributed by atoms with van der Waals surface area (Å²) < 4.78 is 29.6.